The van der Waals surface area contributed by atoms with Crippen LogP contribution in [0.5, 0.6) is 0 Å². The van der Waals surface area contributed by atoms with Gasteiger partial charge in [-0.2, -0.15) is 0 Å². The fourth-order valence-electron chi connectivity index (χ4n) is 2.08. The van der Waals surface area contributed by atoms with Gasteiger partial charge in [-0.15, -0.1) is 0 Å². The highest BCUT2D eigenvalue weighted by atomic mass is 32.2. The van der Waals surface area contributed by atoms with Gasteiger partial charge in [0.25, 0.3) is 0 Å². The molecule has 0 unspecified atom stereocenters. The van der Waals surface area contributed by atoms with Crippen LogP contribution in [0.25, 0.3) is 0 Å². The topological polar surface area (TPSA) is 72.2 Å². The summed E-state index contributed by atoms with van der Waals surface area (Å²) in [6.07, 6.45) is 1.04. The molecule has 0 amide bonds. The first-order valence-corrected chi connectivity index (χ1v) is 8.44. The Morgan fingerprint density at radius 3 is 2.19 bits per heavy atom. The molecule has 0 saturated heterocycles. The molecular formula is C16H20N2O2S. The minimum absolute atomic E-state index is 0.147. The summed E-state index contributed by atoms with van der Waals surface area (Å²) in [5.41, 5.74) is 3.42. The highest BCUT2D eigenvalue weighted by molar-refractivity contribution is 7.89. The molecule has 5 heteroatoms. The Hall–Kier alpha value is -1.69. The van der Waals surface area contributed by atoms with Crippen LogP contribution in [-0.4, -0.2) is 8.42 Å². The van der Waals surface area contributed by atoms with Crippen molar-refractivity contribution in [1.29, 1.82) is 0 Å². The summed E-state index contributed by atoms with van der Waals surface area (Å²) in [4.78, 5) is 0.147. The summed E-state index contributed by atoms with van der Waals surface area (Å²) in [7, 11) is -3.64. The third-order valence-corrected chi connectivity index (χ3v) is 4.23. The van der Waals surface area contributed by atoms with Crippen LogP contribution in [0.4, 0.5) is 0 Å². The minimum atomic E-state index is -3.64. The van der Waals surface area contributed by atoms with E-state index in [1.54, 1.807) is 12.1 Å². The predicted molar refractivity (Wildman–Crippen MR) is 84.2 cm³/mol. The monoisotopic (exact) mass is 304 g/mol. The number of nitrogens with one attached hydrogen (secondary N) is 1. The van der Waals surface area contributed by atoms with E-state index in [1.807, 2.05) is 6.07 Å². The maximum atomic E-state index is 11.3. The Morgan fingerprint density at radius 2 is 1.57 bits per heavy atom. The molecule has 2 aromatic rings. The highest BCUT2D eigenvalue weighted by Gasteiger charge is 2.07. The zero-order valence-corrected chi connectivity index (χ0v) is 12.9. The number of nitrogens with two attached hydrogens (primary N) is 1. The lowest BCUT2D eigenvalue weighted by Crippen LogP contribution is -2.15. The number of primary sulfonamides is 1. The number of aryl methyl sites for hydroxylation is 1. The van der Waals surface area contributed by atoms with Crippen molar-refractivity contribution in [3.05, 3.63) is 65.2 Å². The molecule has 0 aliphatic heterocycles. The van der Waals surface area contributed by atoms with Crippen LogP contribution < -0.4 is 10.5 Å². The molecule has 3 N–H and O–H groups in total. The van der Waals surface area contributed by atoms with Crippen molar-refractivity contribution < 1.29 is 8.42 Å². The molecule has 4 nitrogen and oxygen atoms in total. The van der Waals surface area contributed by atoms with E-state index in [2.05, 4.69) is 36.5 Å². The van der Waals surface area contributed by atoms with Crippen LogP contribution in [0.2, 0.25) is 0 Å². The van der Waals surface area contributed by atoms with Gasteiger partial charge in [-0.25, -0.2) is 13.6 Å². The van der Waals surface area contributed by atoms with Gasteiger partial charge in [0.05, 0.1) is 4.90 Å². The normalized spacial score (nSPS) is 11.5. The average molecular weight is 304 g/mol. The molecule has 0 atom stereocenters. The van der Waals surface area contributed by atoms with Gasteiger partial charge in [-0.05, 0) is 35.2 Å². The van der Waals surface area contributed by atoms with Crippen LogP contribution in [0.1, 0.15) is 23.6 Å². The van der Waals surface area contributed by atoms with Crippen molar-refractivity contribution in [2.24, 2.45) is 5.14 Å². The maximum absolute atomic E-state index is 11.3. The van der Waals surface area contributed by atoms with Gasteiger partial charge < -0.3 is 5.32 Å². The molecule has 0 bridgehead atoms. The van der Waals surface area contributed by atoms with Crippen LogP contribution in [0.15, 0.2) is 53.4 Å². The summed E-state index contributed by atoms with van der Waals surface area (Å²) >= 11 is 0. The number of hydrogen-bond donors (Lipinski definition) is 2. The van der Waals surface area contributed by atoms with E-state index in [1.165, 1.54) is 17.2 Å². The Bertz CT molecular complexity index is 694. The third kappa shape index (κ3) is 4.67. The second-order valence-corrected chi connectivity index (χ2v) is 6.53. The molecule has 0 radical (unpaired) electrons. The maximum Gasteiger partial charge on any atom is 0.238 e. The first kappa shape index (κ1) is 15.7. The molecule has 0 saturated carbocycles. The molecule has 2 aromatic carbocycles. The summed E-state index contributed by atoms with van der Waals surface area (Å²) in [5, 5.41) is 8.42. The van der Waals surface area contributed by atoms with E-state index in [4.69, 9.17) is 5.14 Å². The lowest BCUT2D eigenvalue weighted by Gasteiger charge is -2.07. The Morgan fingerprint density at radius 1 is 0.952 bits per heavy atom. The average Bonchev–Trinajstić information content (AvgIpc) is 2.47. The van der Waals surface area contributed by atoms with E-state index in [-0.39, 0.29) is 4.90 Å². The van der Waals surface area contributed by atoms with Crippen molar-refractivity contribution >= 4 is 10.0 Å². The van der Waals surface area contributed by atoms with Gasteiger partial charge in [-0.1, -0.05) is 43.3 Å². The fourth-order valence-corrected chi connectivity index (χ4v) is 2.66. The smallest absolute Gasteiger partial charge is 0.238 e. The largest absolute Gasteiger partial charge is 0.309 e. The van der Waals surface area contributed by atoms with Gasteiger partial charge in [0.15, 0.2) is 0 Å². The lowest BCUT2D eigenvalue weighted by atomic mass is 10.1. The Kier molecular flexibility index (Phi) is 5.12. The predicted octanol–water partition coefficient (Wildman–Crippen LogP) is 2.19. The molecule has 0 fully saturated rings. The van der Waals surface area contributed by atoms with Crippen LogP contribution in [-0.2, 0) is 29.5 Å². The summed E-state index contributed by atoms with van der Waals surface area (Å²) in [5.74, 6) is 0. The standard InChI is InChI=1S/C16H20N2O2S/c1-2-13-6-8-14(9-7-13)11-18-12-15-4-3-5-16(10-15)21(17,19)20/h3-10,18H,2,11-12H2,1H3,(H2,17,19,20). The van der Waals surface area contributed by atoms with Crippen LogP contribution >= 0.6 is 0 Å². The van der Waals surface area contributed by atoms with E-state index in [0.29, 0.717) is 6.54 Å². The van der Waals surface area contributed by atoms with E-state index in [0.717, 1.165) is 18.5 Å². The van der Waals surface area contributed by atoms with Gasteiger partial charge in [-0.3, -0.25) is 0 Å². The minimum Gasteiger partial charge on any atom is -0.309 e. The molecule has 0 aliphatic rings. The Labute approximate surface area is 126 Å². The fraction of sp³-hybridized carbons (Fsp3) is 0.250. The van der Waals surface area contributed by atoms with Crippen molar-refractivity contribution in [3.63, 3.8) is 0 Å². The van der Waals surface area contributed by atoms with Crippen LogP contribution in [0.3, 0.4) is 0 Å². The number of benzene rings is 2. The van der Waals surface area contributed by atoms with Gasteiger partial charge in [0, 0.05) is 13.1 Å². The molecule has 112 valence electrons. The molecule has 0 spiro atoms. The summed E-state index contributed by atoms with van der Waals surface area (Å²) < 4.78 is 22.6. The zero-order valence-electron chi connectivity index (χ0n) is 12.0. The quantitative estimate of drug-likeness (QED) is 0.859. The second-order valence-electron chi connectivity index (χ2n) is 4.97. The van der Waals surface area contributed by atoms with Crippen molar-refractivity contribution in [3.8, 4) is 0 Å². The summed E-state index contributed by atoms with van der Waals surface area (Å²) in [6, 6.07) is 15.1. The van der Waals surface area contributed by atoms with Crippen LogP contribution in [0, 0.1) is 0 Å². The molecule has 0 aromatic heterocycles. The SMILES string of the molecule is CCc1ccc(CNCc2cccc(S(N)(=O)=O)c2)cc1. The zero-order chi connectivity index (χ0) is 15.3. The van der Waals surface area contributed by atoms with Gasteiger partial charge in [0.1, 0.15) is 0 Å². The number of rotatable bonds is 6. The second kappa shape index (κ2) is 6.85. The Balaban J connectivity index is 1.94. The first-order chi connectivity index (χ1) is 9.99. The molecule has 0 aliphatic carbocycles. The molecule has 0 heterocycles. The molecule has 21 heavy (non-hydrogen) atoms. The lowest BCUT2D eigenvalue weighted by molar-refractivity contribution is 0.597. The third-order valence-electron chi connectivity index (χ3n) is 3.32. The van der Waals surface area contributed by atoms with E-state index < -0.39 is 10.0 Å². The van der Waals surface area contributed by atoms with Crippen molar-refractivity contribution in [1.82, 2.24) is 5.32 Å². The summed E-state index contributed by atoms with van der Waals surface area (Å²) in [6.45, 7) is 3.47. The number of hydrogen-bond acceptors (Lipinski definition) is 3. The number of sulfonamides is 1. The van der Waals surface area contributed by atoms with E-state index >= 15 is 0 Å². The van der Waals surface area contributed by atoms with Crippen molar-refractivity contribution in [2.45, 2.75) is 31.3 Å². The van der Waals surface area contributed by atoms with Crippen molar-refractivity contribution in [2.75, 3.05) is 0 Å². The van der Waals surface area contributed by atoms with Gasteiger partial charge in [0.2, 0.25) is 10.0 Å². The first-order valence-electron chi connectivity index (χ1n) is 6.89. The molecular weight excluding hydrogens is 284 g/mol. The highest BCUT2D eigenvalue weighted by Crippen LogP contribution is 2.10. The molecule has 2 rings (SSSR count). The van der Waals surface area contributed by atoms with E-state index in [9.17, 15) is 8.42 Å². The van der Waals surface area contributed by atoms with Gasteiger partial charge >= 0.3 is 0 Å².